The van der Waals surface area contributed by atoms with Crippen LogP contribution in [0.15, 0.2) is 24.3 Å². The Bertz CT molecular complexity index is 611. The second kappa shape index (κ2) is 8.92. The van der Waals surface area contributed by atoms with Crippen molar-refractivity contribution in [1.82, 2.24) is 15.1 Å². The van der Waals surface area contributed by atoms with Gasteiger partial charge in [-0.25, -0.2) is 4.79 Å². The molecule has 142 valence electrons. The zero-order valence-corrected chi connectivity index (χ0v) is 15.6. The maximum atomic E-state index is 12.7. The highest BCUT2D eigenvalue weighted by molar-refractivity contribution is 5.94. The molecule has 0 radical (unpaired) electrons. The lowest BCUT2D eigenvalue weighted by Crippen LogP contribution is -2.46. The van der Waals surface area contributed by atoms with E-state index in [-0.39, 0.29) is 11.9 Å². The first kappa shape index (κ1) is 18.5. The average Bonchev–Trinajstić information content (AvgIpc) is 2.94. The van der Waals surface area contributed by atoms with Crippen LogP contribution in [0.4, 0.5) is 4.79 Å². The number of nitrogens with zero attached hydrogens (tertiary/aromatic N) is 2. The molecular formula is C20H29N3O3. The fourth-order valence-electron chi connectivity index (χ4n) is 3.75. The maximum Gasteiger partial charge on any atom is 0.317 e. The molecule has 1 N–H and O–H groups in total. The molecule has 1 saturated heterocycles. The van der Waals surface area contributed by atoms with Crippen LogP contribution >= 0.6 is 0 Å². The van der Waals surface area contributed by atoms with Gasteiger partial charge in [-0.15, -0.1) is 0 Å². The lowest BCUT2D eigenvalue weighted by Gasteiger charge is -2.27. The van der Waals surface area contributed by atoms with Gasteiger partial charge in [0.25, 0.3) is 5.91 Å². The number of ether oxygens (including phenoxy) is 1. The summed E-state index contributed by atoms with van der Waals surface area (Å²) in [4.78, 5) is 28.9. The van der Waals surface area contributed by atoms with Crippen LogP contribution < -0.4 is 10.1 Å². The minimum Gasteiger partial charge on any atom is -0.497 e. The number of methoxy groups -OCH3 is 1. The van der Waals surface area contributed by atoms with Crippen LogP contribution in [0.25, 0.3) is 0 Å². The molecule has 6 heteroatoms. The number of carbonyl (C=O) groups is 2. The highest BCUT2D eigenvalue weighted by atomic mass is 16.5. The second-order valence-electron chi connectivity index (χ2n) is 7.15. The number of hydrogen-bond donors (Lipinski definition) is 1. The number of benzene rings is 1. The molecule has 2 fully saturated rings. The highest BCUT2D eigenvalue weighted by Crippen LogP contribution is 2.18. The van der Waals surface area contributed by atoms with Gasteiger partial charge in [0.2, 0.25) is 0 Å². The Morgan fingerprint density at radius 1 is 0.923 bits per heavy atom. The molecule has 26 heavy (non-hydrogen) atoms. The van der Waals surface area contributed by atoms with Crippen molar-refractivity contribution in [3.05, 3.63) is 29.8 Å². The molecule has 2 aliphatic rings. The van der Waals surface area contributed by atoms with Crippen molar-refractivity contribution in [2.24, 2.45) is 0 Å². The van der Waals surface area contributed by atoms with Crippen molar-refractivity contribution in [2.75, 3.05) is 33.3 Å². The van der Waals surface area contributed by atoms with E-state index >= 15 is 0 Å². The van der Waals surface area contributed by atoms with Gasteiger partial charge in [0.1, 0.15) is 5.75 Å². The van der Waals surface area contributed by atoms with Gasteiger partial charge >= 0.3 is 6.03 Å². The molecule has 3 amide bonds. The summed E-state index contributed by atoms with van der Waals surface area (Å²) < 4.78 is 5.14. The largest absolute Gasteiger partial charge is 0.497 e. The maximum absolute atomic E-state index is 12.7. The normalized spacial score (nSPS) is 19.0. The van der Waals surface area contributed by atoms with Gasteiger partial charge in [-0.2, -0.15) is 0 Å². The zero-order valence-electron chi connectivity index (χ0n) is 15.6. The van der Waals surface area contributed by atoms with Crippen LogP contribution in [0.3, 0.4) is 0 Å². The summed E-state index contributed by atoms with van der Waals surface area (Å²) in [5.74, 6) is 0.755. The summed E-state index contributed by atoms with van der Waals surface area (Å²) in [6, 6.07) is 7.52. The van der Waals surface area contributed by atoms with E-state index in [9.17, 15) is 9.59 Å². The van der Waals surface area contributed by atoms with Crippen LogP contribution in [0, 0.1) is 0 Å². The Morgan fingerprint density at radius 2 is 1.58 bits per heavy atom. The predicted molar refractivity (Wildman–Crippen MR) is 100 cm³/mol. The highest BCUT2D eigenvalue weighted by Gasteiger charge is 2.24. The lowest BCUT2D eigenvalue weighted by atomic mass is 9.96. The predicted octanol–water partition coefficient (Wildman–Crippen LogP) is 2.89. The van der Waals surface area contributed by atoms with E-state index in [2.05, 4.69) is 5.32 Å². The quantitative estimate of drug-likeness (QED) is 0.903. The Labute approximate surface area is 155 Å². The Balaban J connectivity index is 1.53. The van der Waals surface area contributed by atoms with Crippen molar-refractivity contribution in [3.8, 4) is 5.75 Å². The van der Waals surface area contributed by atoms with Crippen molar-refractivity contribution >= 4 is 11.9 Å². The Hall–Kier alpha value is -2.24. The minimum absolute atomic E-state index is 0.0159. The van der Waals surface area contributed by atoms with E-state index in [1.807, 2.05) is 9.80 Å². The zero-order chi connectivity index (χ0) is 18.4. The van der Waals surface area contributed by atoms with Crippen LogP contribution in [0.1, 0.15) is 48.9 Å². The van der Waals surface area contributed by atoms with Crippen molar-refractivity contribution in [2.45, 2.75) is 44.6 Å². The van der Waals surface area contributed by atoms with E-state index in [1.165, 1.54) is 19.3 Å². The summed E-state index contributed by atoms with van der Waals surface area (Å²) in [6.07, 6.45) is 6.66. The fraction of sp³-hybridized carbons (Fsp3) is 0.600. The van der Waals surface area contributed by atoms with Gasteiger partial charge in [-0.1, -0.05) is 19.3 Å². The van der Waals surface area contributed by atoms with Gasteiger partial charge in [0.15, 0.2) is 0 Å². The van der Waals surface area contributed by atoms with Crippen LogP contribution in [0.5, 0.6) is 5.75 Å². The third-order valence-corrected chi connectivity index (χ3v) is 5.34. The van der Waals surface area contributed by atoms with Crippen molar-refractivity contribution in [3.63, 3.8) is 0 Å². The first-order chi connectivity index (χ1) is 12.7. The summed E-state index contributed by atoms with van der Waals surface area (Å²) in [5.41, 5.74) is 0.658. The number of hydrogen-bond acceptors (Lipinski definition) is 3. The first-order valence-electron chi connectivity index (χ1n) is 9.66. The molecule has 0 aromatic heterocycles. The third-order valence-electron chi connectivity index (χ3n) is 5.34. The van der Waals surface area contributed by atoms with E-state index in [0.717, 1.165) is 25.0 Å². The van der Waals surface area contributed by atoms with Gasteiger partial charge in [-0.05, 0) is 43.5 Å². The smallest absolute Gasteiger partial charge is 0.317 e. The van der Waals surface area contributed by atoms with E-state index in [4.69, 9.17) is 4.74 Å². The van der Waals surface area contributed by atoms with E-state index < -0.39 is 0 Å². The minimum atomic E-state index is 0.0159. The van der Waals surface area contributed by atoms with Crippen molar-refractivity contribution in [1.29, 1.82) is 0 Å². The SMILES string of the molecule is COc1ccc(C(=O)N2CCCN(C(=O)NC3CCCCC3)CC2)cc1. The number of urea groups is 1. The summed E-state index contributed by atoms with van der Waals surface area (Å²) in [7, 11) is 1.61. The second-order valence-corrected chi connectivity index (χ2v) is 7.15. The molecule has 1 aliphatic heterocycles. The lowest BCUT2D eigenvalue weighted by molar-refractivity contribution is 0.0762. The Morgan fingerprint density at radius 3 is 2.27 bits per heavy atom. The van der Waals surface area contributed by atoms with Crippen LogP contribution in [0.2, 0.25) is 0 Å². The topological polar surface area (TPSA) is 61.9 Å². The average molecular weight is 359 g/mol. The Kier molecular flexibility index (Phi) is 6.36. The monoisotopic (exact) mass is 359 g/mol. The van der Waals surface area contributed by atoms with Crippen molar-refractivity contribution < 1.29 is 14.3 Å². The molecule has 0 unspecified atom stereocenters. The molecule has 1 aromatic carbocycles. The van der Waals surface area contributed by atoms with Gasteiger partial charge in [0, 0.05) is 37.8 Å². The summed E-state index contributed by atoms with van der Waals surface area (Å²) >= 11 is 0. The van der Waals surface area contributed by atoms with Gasteiger partial charge < -0.3 is 19.9 Å². The molecule has 3 rings (SSSR count). The number of amides is 3. The number of nitrogens with one attached hydrogen (secondary N) is 1. The number of carbonyl (C=O) groups excluding carboxylic acids is 2. The third kappa shape index (κ3) is 4.68. The van der Waals surface area contributed by atoms with Crippen LogP contribution in [-0.4, -0.2) is 61.1 Å². The standard InChI is InChI=1S/C20H29N3O3/c1-26-18-10-8-16(9-11-18)19(24)22-12-5-13-23(15-14-22)20(25)21-17-6-3-2-4-7-17/h8-11,17H,2-7,12-15H2,1H3,(H,21,25). The van der Waals surface area contributed by atoms with Gasteiger partial charge in [0.05, 0.1) is 7.11 Å². The summed E-state index contributed by atoms with van der Waals surface area (Å²) in [5, 5.41) is 3.17. The first-order valence-corrected chi connectivity index (χ1v) is 9.66. The molecule has 1 aliphatic carbocycles. The molecule has 0 atom stereocenters. The molecule has 1 saturated carbocycles. The molecule has 0 spiro atoms. The number of rotatable bonds is 3. The van der Waals surface area contributed by atoms with Crippen LogP contribution in [-0.2, 0) is 0 Å². The molecule has 6 nitrogen and oxygen atoms in total. The fourth-order valence-corrected chi connectivity index (χ4v) is 3.75. The molecule has 1 aromatic rings. The molecule has 0 bridgehead atoms. The summed E-state index contributed by atoms with van der Waals surface area (Å²) in [6.45, 7) is 2.53. The molecular weight excluding hydrogens is 330 g/mol. The molecule has 1 heterocycles. The van der Waals surface area contributed by atoms with E-state index in [0.29, 0.717) is 37.8 Å². The van der Waals surface area contributed by atoms with Gasteiger partial charge in [-0.3, -0.25) is 4.79 Å². The van der Waals surface area contributed by atoms with E-state index in [1.54, 1.807) is 31.4 Å².